The topological polar surface area (TPSA) is 63.2 Å². The van der Waals surface area contributed by atoms with Gasteiger partial charge in [-0.05, 0) is 89.2 Å². The fourth-order valence-electron chi connectivity index (χ4n) is 6.98. The van der Waals surface area contributed by atoms with E-state index >= 15 is 0 Å². The number of carboxylic acid groups (broad SMARTS) is 1. The van der Waals surface area contributed by atoms with Gasteiger partial charge in [-0.3, -0.25) is 4.90 Å². The fourth-order valence-corrected chi connectivity index (χ4v) is 6.98. The lowest BCUT2D eigenvalue weighted by Gasteiger charge is -2.40. The van der Waals surface area contributed by atoms with Crippen LogP contribution < -0.4 is 4.90 Å². The molecule has 43 heavy (non-hydrogen) atoms. The zero-order valence-electron chi connectivity index (χ0n) is 24.7. The summed E-state index contributed by atoms with van der Waals surface area (Å²) >= 11 is 0. The lowest BCUT2D eigenvalue weighted by molar-refractivity contribution is -0.137. The van der Waals surface area contributed by atoms with E-state index in [-0.39, 0.29) is 11.1 Å². The number of hydrogen-bond acceptors (Lipinski definition) is 6. The van der Waals surface area contributed by atoms with E-state index in [1.54, 1.807) is 12.1 Å². The first-order valence-corrected chi connectivity index (χ1v) is 15.4. The van der Waals surface area contributed by atoms with Crippen molar-refractivity contribution in [3.63, 3.8) is 0 Å². The second kappa shape index (κ2) is 12.4. The molecule has 3 saturated heterocycles. The standard InChI is InChI=1S/C33H40F3N5O2/c1-38-16-18-41(19-17-38)26-8-9-29-27(21-26)30(32(42)43)28(31(37-29)23-6-5-7-24(20-23)33(34,35)36)22-39-14-10-25(11-15-39)40-12-3-2-4-13-40/h5-9,20-21,25H,2-4,10-19,22H2,1H3,(H,42,43). The monoisotopic (exact) mass is 595 g/mol. The van der Waals surface area contributed by atoms with Crippen molar-refractivity contribution in [2.24, 2.45) is 0 Å². The first kappa shape index (κ1) is 29.8. The molecule has 3 aliphatic heterocycles. The molecule has 0 aliphatic carbocycles. The number of hydrogen-bond donors (Lipinski definition) is 1. The Bertz CT molecular complexity index is 1460. The van der Waals surface area contributed by atoms with Crippen LogP contribution in [0.3, 0.4) is 0 Å². The molecule has 0 spiro atoms. The van der Waals surface area contributed by atoms with Gasteiger partial charge < -0.3 is 19.8 Å². The fraction of sp³-hybridized carbons (Fsp3) is 0.515. The number of alkyl halides is 3. The predicted molar refractivity (Wildman–Crippen MR) is 163 cm³/mol. The van der Waals surface area contributed by atoms with E-state index in [4.69, 9.17) is 4.98 Å². The highest BCUT2D eigenvalue weighted by Gasteiger charge is 2.32. The molecule has 0 saturated carbocycles. The first-order valence-electron chi connectivity index (χ1n) is 15.4. The maximum absolute atomic E-state index is 13.7. The molecule has 0 bridgehead atoms. The largest absolute Gasteiger partial charge is 0.478 e. The number of likely N-dealkylation sites (N-methyl/N-ethyl adjacent to an activating group) is 1. The first-order chi connectivity index (χ1) is 20.7. The zero-order valence-corrected chi connectivity index (χ0v) is 24.7. The molecule has 6 rings (SSSR count). The molecular formula is C33H40F3N5O2. The number of fused-ring (bicyclic) bond motifs is 1. The van der Waals surface area contributed by atoms with Crippen LogP contribution in [0, 0.1) is 0 Å². The normalized spacial score (nSPS) is 20.1. The number of aromatic nitrogens is 1. The summed E-state index contributed by atoms with van der Waals surface area (Å²) in [4.78, 5) is 27.2. The predicted octanol–water partition coefficient (Wildman–Crippen LogP) is 5.82. The second-order valence-electron chi connectivity index (χ2n) is 12.3. The van der Waals surface area contributed by atoms with E-state index in [1.165, 1.54) is 25.3 Å². The number of nitrogens with zero attached hydrogens (tertiary/aromatic N) is 5. The van der Waals surface area contributed by atoms with Gasteiger partial charge in [-0.2, -0.15) is 13.2 Å². The van der Waals surface area contributed by atoms with Gasteiger partial charge in [0.25, 0.3) is 0 Å². The van der Waals surface area contributed by atoms with Crippen molar-refractivity contribution in [2.45, 2.75) is 50.9 Å². The number of anilines is 1. The molecule has 0 amide bonds. The molecule has 230 valence electrons. The number of piperazine rings is 1. The van der Waals surface area contributed by atoms with Crippen molar-refractivity contribution in [3.8, 4) is 11.3 Å². The average Bonchev–Trinajstić information content (AvgIpc) is 3.01. The van der Waals surface area contributed by atoms with Gasteiger partial charge in [0.05, 0.1) is 22.3 Å². The average molecular weight is 596 g/mol. The van der Waals surface area contributed by atoms with Crippen LogP contribution in [0.5, 0.6) is 0 Å². The number of pyridine rings is 1. The number of rotatable bonds is 6. The van der Waals surface area contributed by atoms with E-state index in [9.17, 15) is 23.1 Å². The maximum Gasteiger partial charge on any atom is 0.416 e. The van der Waals surface area contributed by atoms with Crippen LogP contribution in [0.1, 0.15) is 53.6 Å². The third-order valence-electron chi connectivity index (χ3n) is 9.46. The summed E-state index contributed by atoms with van der Waals surface area (Å²) in [6.07, 6.45) is 1.24. The van der Waals surface area contributed by atoms with Crippen molar-refractivity contribution in [1.82, 2.24) is 19.7 Å². The van der Waals surface area contributed by atoms with Crippen LogP contribution in [0.15, 0.2) is 42.5 Å². The third kappa shape index (κ3) is 6.51. The molecule has 3 aliphatic rings. The molecule has 7 nitrogen and oxygen atoms in total. The van der Waals surface area contributed by atoms with Crippen molar-refractivity contribution in [3.05, 3.63) is 59.2 Å². The Morgan fingerprint density at radius 1 is 0.930 bits per heavy atom. The second-order valence-corrected chi connectivity index (χ2v) is 12.3. The van der Waals surface area contributed by atoms with Gasteiger partial charge in [0.2, 0.25) is 0 Å². The minimum absolute atomic E-state index is 0.131. The summed E-state index contributed by atoms with van der Waals surface area (Å²) in [5.74, 6) is -1.09. The quantitative estimate of drug-likeness (QED) is 0.385. The molecule has 3 aromatic rings. The van der Waals surface area contributed by atoms with Crippen LogP contribution in [-0.2, 0) is 12.7 Å². The molecule has 1 N–H and O–H groups in total. The summed E-state index contributed by atoms with van der Waals surface area (Å²) in [6, 6.07) is 11.3. The van der Waals surface area contributed by atoms with Gasteiger partial charge in [-0.1, -0.05) is 18.6 Å². The Morgan fingerprint density at radius 3 is 2.33 bits per heavy atom. The van der Waals surface area contributed by atoms with Gasteiger partial charge >= 0.3 is 12.1 Å². The molecule has 10 heteroatoms. The number of carboxylic acids is 1. The molecule has 0 unspecified atom stereocenters. The lowest BCUT2D eigenvalue weighted by Crippen LogP contribution is -2.46. The summed E-state index contributed by atoms with van der Waals surface area (Å²) in [5, 5.41) is 11.2. The van der Waals surface area contributed by atoms with Gasteiger partial charge in [0, 0.05) is 61.0 Å². The number of piperidine rings is 2. The van der Waals surface area contributed by atoms with Gasteiger partial charge in [0.1, 0.15) is 0 Å². The molecule has 4 heterocycles. The van der Waals surface area contributed by atoms with Crippen molar-refractivity contribution in [1.29, 1.82) is 0 Å². The maximum atomic E-state index is 13.7. The highest BCUT2D eigenvalue weighted by atomic mass is 19.4. The Kier molecular flexibility index (Phi) is 8.62. The molecule has 3 fully saturated rings. The number of likely N-dealkylation sites (tertiary alicyclic amines) is 2. The van der Waals surface area contributed by atoms with Crippen LogP contribution in [-0.4, -0.2) is 96.2 Å². The Morgan fingerprint density at radius 2 is 1.65 bits per heavy atom. The Labute approximate surface area is 250 Å². The molecule has 2 aromatic carbocycles. The zero-order chi connectivity index (χ0) is 30.1. The van der Waals surface area contributed by atoms with E-state index in [2.05, 4.69) is 26.6 Å². The molecule has 0 radical (unpaired) electrons. The smallest absolute Gasteiger partial charge is 0.416 e. The van der Waals surface area contributed by atoms with Gasteiger partial charge in [-0.15, -0.1) is 0 Å². The highest BCUT2D eigenvalue weighted by Crippen LogP contribution is 2.37. The third-order valence-corrected chi connectivity index (χ3v) is 9.46. The number of aromatic carboxylic acids is 1. The summed E-state index contributed by atoms with van der Waals surface area (Å²) in [7, 11) is 2.08. The van der Waals surface area contributed by atoms with E-state index in [1.807, 2.05) is 12.1 Å². The Hall–Kier alpha value is -3.21. The number of benzene rings is 2. The van der Waals surface area contributed by atoms with Gasteiger partial charge in [0.15, 0.2) is 0 Å². The highest BCUT2D eigenvalue weighted by molar-refractivity contribution is 6.06. The van der Waals surface area contributed by atoms with E-state index in [0.29, 0.717) is 34.7 Å². The van der Waals surface area contributed by atoms with Crippen LogP contribution in [0.4, 0.5) is 18.9 Å². The summed E-state index contributed by atoms with van der Waals surface area (Å²) in [5.41, 5.74) is 1.82. The number of halogens is 3. The molecule has 1 aromatic heterocycles. The van der Waals surface area contributed by atoms with Crippen LogP contribution in [0.25, 0.3) is 22.2 Å². The van der Waals surface area contributed by atoms with Crippen LogP contribution >= 0.6 is 0 Å². The van der Waals surface area contributed by atoms with E-state index in [0.717, 1.165) is 83.0 Å². The van der Waals surface area contributed by atoms with Crippen molar-refractivity contribution in [2.75, 3.05) is 64.3 Å². The van der Waals surface area contributed by atoms with Crippen LogP contribution in [0.2, 0.25) is 0 Å². The number of carbonyl (C=O) groups is 1. The van der Waals surface area contributed by atoms with E-state index < -0.39 is 17.7 Å². The summed E-state index contributed by atoms with van der Waals surface area (Å²) in [6.45, 7) is 7.70. The minimum atomic E-state index is -4.52. The minimum Gasteiger partial charge on any atom is -0.478 e. The van der Waals surface area contributed by atoms with Crippen molar-refractivity contribution < 1.29 is 23.1 Å². The van der Waals surface area contributed by atoms with Crippen molar-refractivity contribution >= 4 is 22.6 Å². The Balaban J connectivity index is 1.40. The van der Waals surface area contributed by atoms with Gasteiger partial charge in [-0.25, -0.2) is 9.78 Å². The molecule has 0 atom stereocenters. The lowest BCUT2D eigenvalue weighted by atomic mass is 9.93. The molecular weight excluding hydrogens is 555 g/mol. The SMILES string of the molecule is CN1CCN(c2ccc3nc(-c4cccc(C(F)(F)F)c4)c(CN4CCC(N5CCCCC5)CC4)c(C(=O)O)c3c2)CC1. The summed E-state index contributed by atoms with van der Waals surface area (Å²) < 4.78 is 41.2.